The summed E-state index contributed by atoms with van der Waals surface area (Å²) in [7, 11) is 0. The largest absolute Gasteiger partial charge is 0.320 e. The Bertz CT molecular complexity index is 494. The molecule has 1 aromatic heterocycles. The molecule has 1 aliphatic carbocycles. The van der Waals surface area contributed by atoms with Gasteiger partial charge in [0.15, 0.2) is 0 Å². The van der Waals surface area contributed by atoms with E-state index >= 15 is 0 Å². The van der Waals surface area contributed by atoms with Crippen LogP contribution in [-0.4, -0.2) is 22.9 Å². The number of thiophene rings is 1. The molecule has 2 unspecified atom stereocenters. The van der Waals surface area contributed by atoms with E-state index in [4.69, 9.17) is 0 Å². The smallest absolute Gasteiger partial charge is 0.244 e. The summed E-state index contributed by atoms with van der Waals surface area (Å²) in [4.78, 5) is 17.3. The number of amides is 1. The summed E-state index contributed by atoms with van der Waals surface area (Å²) in [5, 5.41) is 3.57. The molecular weight excluding hydrogens is 256 g/mol. The lowest BCUT2D eigenvalue weighted by Gasteiger charge is -2.23. The highest BCUT2D eigenvalue weighted by Crippen LogP contribution is 2.39. The van der Waals surface area contributed by atoms with E-state index in [9.17, 15) is 4.79 Å². The van der Waals surface area contributed by atoms with Gasteiger partial charge in [-0.15, -0.1) is 11.3 Å². The molecule has 2 fully saturated rings. The average Bonchev–Trinajstić information content (AvgIpc) is 3.06. The number of nitrogens with one attached hydrogen (secondary N) is 1. The monoisotopic (exact) mass is 278 g/mol. The Kier molecular flexibility index (Phi) is 3.18. The van der Waals surface area contributed by atoms with Crippen molar-refractivity contribution in [2.75, 3.05) is 6.54 Å². The van der Waals surface area contributed by atoms with E-state index in [0.29, 0.717) is 0 Å². The van der Waals surface area contributed by atoms with Gasteiger partial charge in [-0.3, -0.25) is 10.1 Å². The van der Waals surface area contributed by atoms with Gasteiger partial charge in [-0.1, -0.05) is 6.92 Å². The lowest BCUT2D eigenvalue weighted by molar-refractivity contribution is -0.133. The SMILES string of the molecule is CCC1(C)NC(c2ccc(C)s2)N(CC2CC2)C1=O. The first-order valence-electron chi connectivity index (χ1n) is 7.18. The molecule has 3 nitrogen and oxygen atoms in total. The highest BCUT2D eigenvalue weighted by molar-refractivity contribution is 7.12. The van der Waals surface area contributed by atoms with Crippen LogP contribution in [0.4, 0.5) is 0 Å². The van der Waals surface area contributed by atoms with E-state index in [-0.39, 0.29) is 12.1 Å². The van der Waals surface area contributed by atoms with Crippen molar-refractivity contribution in [1.29, 1.82) is 0 Å². The van der Waals surface area contributed by atoms with Gasteiger partial charge in [0.05, 0.1) is 5.54 Å². The van der Waals surface area contributed by atoms with Gasteiger partial charge in [0.25, 0.3) is 0 Å². The summed E-state index contributed by atoms with van der Waals surface area (Å²) < 4.78 is 0. The quantitative estimate of drug-likeness (QED) is 0.918. The third kappa shape index (κ3) is 2.32. The number of carbonyl (C=O) groups is 1. The van der Waals surface area contributed by atoms with Gasteiger partial charge in [-0.2, -0.15) is 0 Å². The highest BCUT2D eigenvalue weighted by Gasteiger charge is 2.48. The minimum Gasteiger partial charge on any atom is -0.320 e. The Labute approximate surface area is 119 Å². The predicted molar refractivity (Wildman–Crippen MR) is 78.1 cm³/mol. The van der Waals surface area contributed by atoms with Gasteiger partial charge in [0.2, 0.25) is 5.91 Å². The zero-order valence-electron chi connectivity index (χ0n) is 11.9. The first kappa shape index (κ1) is 13.1. The number of carbonyl (C=O) groups excluding carboxylic acids is 1. The fourth-order valence-corrected chi connectivity index (χ4v) is 3.66. The van der Waals surface area contributed by atoms with E-state index in [1.807, 2.05) is 6.92 Å². The number of hydrogen-bond donors (Lipinski definition) is 1. The summed E-state index contributed by atoms with van der Waals surface area (Å²) >= 11 is 1.79. The Hall–Kier alpha value is -0.870. The minimum absolute atomic E-state index is 0.0803. The zero-order valence-corrected chi connectivity index (χ0v) is 12.7. The van der Waals surface area contributed by atoms with Crippen LogP contribution in [0.25, 0.3) is 0 Å². The number of nitrogens with zero attached hydrogens (tertiary/aromatic N) is 1. The van der Waals surface area contributed by atoms with Crippen molar-refractivity contribution >= 4 is 17.2 Å². The Morgan fingerprint density at radius 3 is 2.74 bits per heavy atom. The molecule has 0 spiro atoms. The van der Waals surface area contributed by atoms with Crippen molar-refractivity contribution in [2.45, 2.75) is 51.7 Å². The van der Waals surface area contributed by atoms with Gasteiger partial charge in [0, 0.05) is 16.3 Å². The van der Waals surface area contributed by atoms with Crippen LogP contribution in [0.5, 0.6) is 0 Å². The molecule has 1 N–H and O–H groups in total. The molecule has 1 saturated carbocycles. The minimum atomic E-state index is -0.391. The van der Waals surface area contributed by atoms with Crippen molar-refractivity contribution in [1.82, 2.24) is 10.2 Å². The maximum Gasteiger partial charge on any atom is 0.244 e. The molecule has 19 heavy (non-hydrogen) atoms. The molecule has 1 aromatic rings. The topological polar surface area (TPSA) is 32.3 Å². The van der Waals surface area contributed by atoms with Gasteiger partial charge in [-0.05, 0) is 51.2 Å². The standard InChI is InChI=1S/C15H22N2OS/c1-4-15(3)14(18)17(9-11-6-7-11)13(16-15)12-8-5-10(2)19-12/h5,8,11,13,16H,4,6-7,9H2,1-3H3. The molecule has 0 radical (unpaired) electrons. The number of aryl methyl sites for hydroxylation is 1. The number of rotatable bonds is 4. The molecule has 2 aliphatic rings. The lowest BCUT2D eigenvalue weighted by atomic mass is 9.99. The predicted octanol–water partition coefficient (Wildman–Crippen LogP) is 3.07. The van der Waals surface area contributed by atoms with Crippen molar-refractivity contribution in [3.63, 3.8) is 0 Å². The van der Waals surface area contributed by atoms with Crippen LogP contribution in [0.2, 0.25) is 0 Å². The molecule has 3 rings (SSSR count). The first-order valence-corrected chi connectivity index (χ1v) is 8.00. The third-order valence-corrected chi connectivity index (χ3v) is 5.44. The average molecular weight is 278 g/mol. The van der Waals surface area contributed by atoms with Crippen LogP contribution in [0.3, 0.4) is 0 Å². The second kappa shape index (κ2) is 4.60. The van der Waals surface area contributed by atoms with E-state index in [1.165, 1.54) is 22.6 Å². The molecular formula is C15H22N2OS. The van der Waals surface area contributed by atoms with Crippen LogP contribution in [-0.2, 0) is 4.79 Å². The van der Waals surface area contributed by atoms with E-state index in [2.05, 4.69) is 36.2 Å². The van der Waals surface area contributed by atoms with Gasteiger partial charge < -0.3 is 4.90 Å². The van der Waals surface area contributed by atoms with Crippen LogP contribution in [0.15, 0.2) is 12.1 Å². The maximum absolute atomic E-state index is 12.7. The molecule has 0 aromatic carbocycles. The van der Waals surface area contributed by atoms with Crippen LogP contribution < -0.4 is 5.32 Å². The third-order valence-electron chi connectivity index (χ3n) is 4.39. The second-order valence-electron chi connectivity index (χ2n) is 6.08. The van der Waals surface area contributed by atoms with Crippen molar-refractivity contribution in [3.8, 4) is 0 Å². The van der Waals surface area contributed by atoms with Crippen LogP contribution >= 0.6 is 11.3 Å². The summed E-state index contributed by atoms with van der Waals surface area (Å²) in [6, 6.07) is 4.30. The molecule has 1 amide bonds. The van der Waals surface area contributed by atoms with E-state index in [1.54, 1.807) is 11.3 Å². The fourth-order valence-electron chi connectivity index (χ4n) is 2.72. The van der Waals surface area contributed by atoms with Gasteiger partial charge in [-0.25, -0.2) is 0 Å². The summed E-state index contributed by atoms with van der Waals surface area (Å²) in [5.74, 6) is 1.01. The summed E-state index contributed by atoms with van der Waals surface area (Å²) in [6.45, 7) is 7.16. The van der Waals surface area contributed by atoms with Crippen molar-refractivity contribution in [3.05, 3.63) is 21.9 Å². The summed E-state index contributed by atoms with van der Waals surface area (Å²) in [5.41, 5.74) is -0.391. The molecule has 104 valence electrons. The zero-order chi connectivity index (χ0) is 13.6. The van der Waals surface area contributed by atoms with Crippen LogP contribution in [0, 0.1) is 12.8 Å². The van der Waals surface area contributed by atoms with E-state index < -0.39 is 5.54 Å². The van der Waals surface area contributed by atoms with Crippen molar-refractivity contribution < 1.29 is 4.79 Å². The number of hydrogen-bond acceptors (Lipinski definition) is 3. The molecule has 0 bridgehead atoms. The normalized spacial score (nSPS) is 31.2. The van der Waals surface area contributed by atoms with Gasteiger partial charge in [0.1, 0.15) is 6.17 Å². The van der Waals surface area contributed by atoms with Gasteiger partial charge >= 0.3 is 0 Å². The van der Waals surface area contributed by atoms with Crippen LogP contribution in [0.1, 0.15) is 49.0 Å². The first-order chi connectivity index (χ1) is 9.03. The molecule has 4 heteroatoms. The molecule has 1 saturated heterocycles. The molecule has 1 aliphatic heterocycles. The van der Waals surface area contributed by atoms with Crippen molar-refractivity contribution in [2.24, 2.45) is 5.92 Å². The lowest BCUT2D eigenvalue weighted by Crippen LogP contribution is -2.43. The molecule has 2 heterocycles. The Morgan fingerprint density at radius 2 is 2.21 bits per heavy atom. The van der Waals surface area contributed by atoms with E-state index in [0.717, 1.165) is 18.9 Å². The second-order valence-corrected chi connectivity index (χ2v) is 7.40. The maximum atomic E-state index is 12.7. The highest BCUT2D eigenvalue weighted by atomic mass is 32.1. The Morgan fingerprint density at radius 1 is 1.47 bits per heavy atom. The molecule has 2 atom stereocenters. The summed E-state index contributed by atoms with van der Waals surface area (Å²) in [6.07, 6.45) is 3.48. The fraction of sp³-hybridized carbons (Fsp3) is 0.667. The Balaban J connectivity index is 1.89.